The lowest BCUT2D eigenvalue weighted by atomic mass is 9.79. The number of carbonyl (C=O) groups is 2. The minimum absolute atomic E-state index is 0.0180. The molecule has 4 nitrogen and oxygen atoms in total. The molecule has 1 aromatic carbocycles. The fourth-order valence-corrected chi connectivity index (χ4v) is 4.63. The molecule has 4 heteroatoms. The largest absolute Gasteiger partial charge is 0.367 e. The topological polar surface area (TPSA) is 53.2 Å². The molecule has 21 heavy (non-hydrogen) atoms. The highest BCUT2D eigenvalue weighted by molar-refractivity contribution is 6.23. The van der Waals surface area contributed by atoms with Crippen molar-refractivity contribution >= 4 is 17.5 Å². The third-order valence-corrected chi connectivity index (χ3v) is 5.40. The first-order valence-corrected chi connectivity index (χ1v) is 7.37. The molecular formula is C17H14N2O2. The van der Waals surface area contributed by atoms with Crippen molar-refractivity contribution in [3.8, 4) is 0 Å². The van der Waals surface area contributed by atoms with Crippen LogP contribution in [0.1, 0.15) is 29.4 Å². The minimum atomic E-state index is -0.161. The molecule has 2 fully saturated rings. The molecule has 3 aliphatic rings. The van der Waals surface area contributed by atoms with Gasteiger partial charge in [0.25, 0.3) is 0 Å². The molecule has 2 aromatic rings. The van der Waals surface area contributed by atoms with Crippen molar-refractivity contribution < 1.29 is 9.59 Å². The van der Waals surface area contributed by atoms with Crippen LogP contribution in [0.25, 0.3) is 0 Å². The normalized spacial score (nSPS) is 32.7. The molecule has 1 aromatic heterocycles. The standard InChI is InChI=1S/C17H14N2O2/c20-16-14-10-6-11(13-8-18-7-12(10)13)15(14)17(21)19(16)9-4-2-1-3-5-9/h1-5,7-8,10-11,14-15,18H,6H2. The number of nitrogens with one attached hydrogen (secondary N) is 1. The molecule has 0 radical (unpaired) electrons. The summed E-state index contributed by atoms with van der Waals surface area (Å²) < 4.78 is 0. The number of rotatable bonds is 1. The van der Waals surface area contributed by atoms with Gasteiger partial charge in [-0.1, -0.05) is 18.2 Å². The summed E-state index contributed by atoms with van der Waals surface area (Å²) in [7, 11) is 0. The van der Waals surface area contributed by atoms with E-state index in [-0.39, 0.29) is 35.5 Å². The van der Waals surface area contributed by atoms with Crippen LogP contribution in [0.3, 0.4) is 0 Å². The molecule has 1 saturated carbocycles. The van der Waals surface area contributed by atoms with E-state index in [1.165, 1.54) is 16.0 Å². The maximum Gasteiger partial charge on any atom is 0.238 e. The number of carbonyl (C=O) groups excluding carboxylic acids is 2. The molecule has 1 N–H and O–H groups in total. The van der Waals surface area contributed by atoms with Crippen molar-refractivity contribution in [1.82, 2.24) is 4.98 Å². The van der Waals surface area contributed by atoms with Crippen LogP contribution in [0.2, 0.25) is 0 Å². The van der Waals surface area contributed by atoms with Crippen LogP contribution in [0.4, 0.5) is 5.69 Å². The first-order valence-electron chi connectivity index (χ1n) is 7.37. The van der Waals surface area contributed by atoms with Gasteiger partial charge in [-0.15, -0.1) is 0 Å². The molecule has 1 saturated heterocycles. The summed E-state index contributed by atoms with van der Waals surface area (Å²) >= 11 is 0. The van der Waals surface area contributed by atoms with Gasteiger partial charge in [-0.3, -0.25) is 14.5 Å². The van der Waals surface area contributed by atoms with Gasteiger partial charge in [0.05, 0.1) is 17.5 Å². The van der Waals surface area contributed by atoms with Crippen molar-refractivity contribution in [2.45, 2.75) is 18.3 Å². The smallest absolute Gasteiger partial charge is 0.238 e. The Labute approximate surface area is 121 Å². The maximum absolute atomic E-state index is 12.8. The Morgan fingerprint density at radius 1 is 0.905 bits per heavy atom. The lowest BCUT2D eigenvalue weighted by Crippen LogP contribution is -2.32. The molecule has 4 atom stereocenters. The van der Waals surface area contributed by atoms with Crippen LogP contribution in [-0.4, -0.2) is 16.8 Å². The number of anilines is 1. The Morgan fingerprint density at radius 3 is 2.05 bits per heavy atom. The van der Waals surface area contributed by atoms with Crippen molar-refractivity contribution in [2.75, 3.05) is 4.90 Å². The maximum atomic E-state index is 12.8. The average Bonchev–Trinajstić information content (AvgIpc) is 3.22. The summed E-state index contributed by atoms with van der Waals surface area (Å²) in [5.74, 6) is 0.0703. The van der Waals surface area contributed by atoms with E-state index in [9.17, 15) is 9.59 Å². The van der Waals surface area contributed by atoms with Gasteiger partial charge >= 0.3 is 0 Å². The van der Waals surface area contributed by atoms with E-state index in [4.69, 9.17) is 0 Å². The number of para-hydroxylation sites is 1. The molecule has 2 amide bonds. The van der Waals surface area contributed by atoms with E-state index in [1.807, 2.05) is 42.7 Å². The summed E-state index contributed by atoms with van der Waals surface area (Å²) in [6, 6.07) is 9.29. The van der Waals surface area contributed by atoms with Crippen LogP contribution in [0.5, 0.6) is 0 Å². The molecule has 1 aliphatic heterocycles. The van der Waals surface area contributed by atoms with Crippen molar-refractivity contribution in [3.05, 3.63) is 53.9 Å². The van der Waals surface area contributed by atoms with E-state index >= 15 is 0 Å². The Kier molecular flexibility index (Phi) is 1.96. The minimum Gasteiger partial charge on any atom is -0.367 e. The average molecular weight is 278 g/mol. The number of imide groups is 1. The monoisotopic (exact) mass is 278 g/mol. The van der Waals surface area contributed by atoms with Crippen molar-refractivity contribution in [2.24, 2.45) is 11.8 Å². The zero-order chi connectivity index (χ0) is 14.1. The summed E-state index contributed by atoms with van der Waals surface area (Å²) in [4.78, 5) is 30.2. The van der Waals surface area contributed by atoms with Gasteiger partial charge < -0.3 is 4.98 Å². The predicted molar refractivity (Wildman–Crippen MR) is 76.8 cm³/mol. The molecule has 104 valence electrons. The Bertz CT molecular complexity index is 722. The Hall–Kier alpha value is -2.36. The molecule has 0 spiro atoms. The first kappa shape index (κ1) is 11.3. The Balaban J connectivity index is 1.62. The second-order valence-electron chi connectivity index (χ2n) is 6.21. The quantitative estimate of drug-likeness (QED) is 0.814. The molecule has 2 bridgehead atoms. The zero-order valence-corrected chi connectivity index (χ0v) is 11.3. The van der Waals surface area contributed by atoms with Gasteiger partial charge in [-0.05, 0) is 41.5 Å². The van der Waals surface area contributed by atoms with Crippen LogP contribution >= 0.6 is 0 Å². The number of hydrogen-bond acceptors (Lipinski definition) is 2. The fourth-order valence-electron chi connectivity index (χ4n) is 4.63. The Morgan fingerprint density at radius 2 is 1.48 bits per heavy atom. The number of hydrogen-bond donors (Lipinski definition) is 1. The van der Waals surface area contributed by atoms with Gasteiger partial charge in [0.15, 0.2) is 0 Å². The van der Waals surface area contributed by atoms with E-state index in [2.05, 4.69) is 4.98 Å². The highest BCUT2D eigenvalue weighted by Crippen LogP contribution is 2.62. The van der Waals surface area contributed by atoms with Gasteiger partial charge in [-0.25, -0.2) is 0 Å². The number of benzene rings is 1. The molecule has 5 rings (SSSR count). The van der Waals surface area contributed by atoms with Gasteiger partial charge in [0.2, 0.25) is 11.8 Å². The van der Waals surface area contributed by atoms with E-state index in [0.29, 0.717) is 5.69 Å². The lowest BCUT2D eigenvalue weighted by molar-refractivity contribution is -0.123. The highest BCUT2D eigenvalue weighted by Gasteiger charge is 2.63. The van der Waals surface area contributed by atoms with Crippen LogP contribution in [0, 0.1) is 11.8 Å². The molecular weight excluding hydrogens is 264 g/mol. The van der Waals surface area contributed by atoms with Gasteiger partial charge in [0.1, 0.15) is 0 Å². The van der Waals surface area contributed by atoms with Crippen molar-refractivity contribution in [1.29, 1.82) is 0 Å². The fraction of sp³-hybridized carbons (Fsp3) is 0.294. The zero-order valence-electron chi connectivity index (χ0n) is 11.3. The SMILES string of the molecule is O=C1C2C3CC(c4c[nH]cc43)C2C(=O)N1c1ccccc1. The third kappa shape index (κ3) is 1.21. The van der Waals surface area contributed by atoms with E-state index in [0.717, 1.165) is 6.42 Å². The number of fused-ring (bicyclic) bond motifs is 8. The molecule has 2 heterocycles. The van der Waals surface area contributed by atoms with E-state index < -0.39 is 0 Å². The second-order valence-corrected chi connectivity index (χ2v) is 6.21. The number of nitrogens with zero attached hydrogens (tertiary/aromatic N) is 1. The van der Waals surface area contributed by atoms with Crippen LogP contribution in [0.15, 0.2) is 42.7 Å². The summed E-state index contributed by atoms with van der Waals surface area (Å²) in [6.45, 7) is 0. The number of amides is 2. The molecule has 2 aliphatic carbocycles. The van der Waals surface area contributed by atoms with Crippen molar-refractivity contribution in [3.63, 3.8) is 0 Å². The van der Waals surface area contributed by atoms with Gasteiger partial charge in [-0.2, -0.15) is 0 Å². The second kappa shape index (κ2) is 3.64. The number of aromatic amines is 1. The summed E-state index contributed by atoms with van der Waals surface area (Å²) in [5, 5.41) is 0. The highest BCUT2D eigenvalue weighted by atomic mass is 16.2. The van der Waals surface area contributed by atoms with Crippen LogP contribution in [-0.2, 0) is 9.59 Å². The summed E-state index contributed by atoms with van der Waals surface area (Å²) in [5.41, 5.74) is 3.20. The molecule has 4 unspecified atom stereocenters. The van der Waals surface area contributed by atoms with E-state index in [1.54, 1.807) is 0 Å². The number of aromatic nitrogens is 1. The lowest BCUT2D eigenvalue weighted by Gasteiger charge is -2.20. The third-order valence-electron chi connectivity index (χ3n) is 5.40. The number of H-pyrrole nitrogens is 1. The first-order chi connectivity index (χ1) is 10.3. The summed E-state index contributed by atoms with van der Waals surface area (Å²) in [6.07, 6.45) is 4.95. The van der Waals surface area contributed by atoms with Crippen LogP contribution < -0.4 is 4.90 Å². The predicted octanol–water partition coefficient (Wildman–Crippen LogP) is 2.41. The van der Waals surface area contributed by atoms with Gasteiger partial charge in [0, 0.05) is 12.4 Å².